The summed E-state index contributed by atoms with van der Waals surface area (Å²) >= 11 is 0. The number of hydrogen-bond acceptors (Lipinski definition) is 4. The second-order valence-electron chi connectivity index (χ2n) is 5.58. The van der Waals surface area contributed by atoms with E-state index >= 15 is 0 Å². The van der Waals surface area contributed by atoms with Gasteiger partial charge in [0.05, 0.1) is 0 Å². The Kier molecular flexibility index (Phi) is 4.68. The zero-order chi connectivity index (χ0) is 15.8. The third-order valence-corrected chi connectivity index (χ3v) is 6.68. The fourth-order valence-corrected chi connectivity index (χ4v) is 5.82. The van der Waals surface area contributed by atoms with Crippen LogP contribution in [-0.4, -0.2) is 33.7 Å². The normalized spacial score (nSPS) is 16.6. The SMILES string of the molecule is CC(C)CN(C1CC1)S(=O)(=O)c1ccccc1S(=O)(=O)Cl. The summed E-state index contributed by atoms with van der Waals surface area (Å²) in [6.07, 6.45) is 1.61. The first-order chi connectivity index (χ1) is 9.64. The van der Waals surface area contributed by atoms with Crippen LogP contribution in [0.4, 0.5) is 0 Å². The van der Waals surface area contributed by atoms with Crippen molar-refractivity contribution in [1.29, 1.82) is 0 Å². The number of sulfonamides is 1. The molecule has 1 aliphatic rings. The summed E-state index contributed by atoms with van der Waals surface area (Å²) in [7, 11) is -2.63. The summed E-state index contributed by atoms with van der Waals surface area (Å²) in [6.45, 7) is 4.22. The van der Waals surface area contributed by atoms with Gasteiger partial charge in [-0.2, -0.15) is 4.31 Å². The van der Waals surface area contributed by atoms with Crippen LogP contribution in [0, 0.1) is 5.92 Å². The van der Waals surface area contributed by atoms with E-state index < -0.39 is 19.1 Å². The molecule has 118 valence electrons. The lowest BCUT2D eigenvalue weighted by Crippen LogP contribution is -2.36. The Morgan fingerprint density at radius 2 is 1.67 bits per heavy atom. The Bertz CT molecular complexity index is 724. The molecule has 21 heavy (non-hydrogen) atoms. The zero-order valence-corrected chi connectivity index (χ0v) is 14.2. The van der Waals surface area contributed by atoms with Crippen LogP contribution in [0.1, 0.15) is 26.7 Å². The zero-order valence-electron chi connectivity index (χ0n) is 11.9. The number of halogens is 1. The molecular weight excluding hydrogens is 334 g/mol. The van der Waals surface area contributed by atoms with Crippen molar-refractivity contribution in [2.45, 2.75) is 42.5 Å². The molecule has 0 heterocycles. The number of benzene rings is 1. The summed E-state index contributed by atoms with van der Waals surface area (Å²) in [5.74, 6) is 0.153. The lowest BCUT2D eigenvalue weighted by Gasteiger charge is -2.24. The van der Waals surface area contributed by atoms with Crippen LogP contribution < -0.4 is 0 Å². The molecule has 1 fully saturated rings. The Labute approximate surface area is 130 Å². The molecule has 1 aliphatic carbocycles. The first kappa shape index (κ1) is 16.7. The lowest BCUT2D eigenvalue weighted by molar-refractivity contribution is 0.359. The Hall–Kier alpha value is -0.630. The van der Waals surface area contributed by atoms with Gasteiger partial charge in [-0.25, -0.2) is 16.8 Å². The third-order valence-electron chi connectivity index (χ3n) is 3.20. The van der Waals surface area contributed by atoms with Gasteiger partial charge < -0.3 is 0 Å². The molecule has 0 radical (unpaired) electrons. The minimum absolute atomic E-state index is 0.0384. The average molecular weight is 352 g/mol. The van der Waals surface area contributed by atoms with Crippen molar-refractivity contribution in [3.8, 4) is 0 Å². The van der Waals surface area contributed by atoms with Crippen LogP contribution >= 0.6 is 10.7 Å². The molecule has 1 saturated carbocycles. The molecule has 0 aromatic heterocycles. The van der Waals surface area contributed by atoms with Gasteiger partial charge in [0.2, 0.25) is 10.0 Å². The van der Waals surface area contributed by atoms with E-state index in [0.717, 1.165) is 12.8 Å². The highest BCUT2D eigenvalue weighted by atomic mass is 35.7. The van der Waals surface area contributed by atoms with Gasteiger partial charge in [-0.3, -0.25) is 0 Å². The van der Waals surface area contributed by atoms with Crippen LogP contribution in [0.3, 0.4) is 0 Å². The van der Waals surface area contributed by atoms with Gasteiger partial charge in [0.25, 0.3) is 9.05 Å². The molecule has 0 atom stereocenters. The fourth-order valence-electron chi connectivity index (χ4n) is 2.16. The Morgan fingerprint density at radius 3 is 2.10 bits per heavy atom. The van der Waals surface area contributed by atoms with Gasteiger partial charge in [-0.1, -0.05) is 26.0 Å². The third kappa shape index (κ3) is 3.77. The Balaban J connectivity index is 2.53. The molecule has 0 spiro atoms. The summed E-state index contributed by atoms with van der Waals surface area (Å²) in [6, 6.07) is 5.43. The highest BCUT2D eigenvalue weighted by Gasteiger charge is 2.40. The molecule has 1 aromatic rings. The summed E-state index contributed by atoms with van der Waals surface area (Å²) < 4.78 is 50.3. The van der Waals surface area contributed by atoms with Crippen molar-refractivity contribution in [3.05, 3.63) is 24.3 Å². The van der Waals surface area contributed by atoms with E-state index in [1.165, 1.54) is 28.6 Å². The van der Waals surface area contributed by atoms with Gasteiger partial charge in [0.1, 0.15) is 9.79 Å². The van der Waals surface area contributed by atoms with E-state index in [9.17, 15) is 16.8 Å². The van der Waals surface area contributed by atoms with E-state index in [0.29, 0.717) is 6.54 Å². The van der Waals surface area contributed by atoms with E-state index in [1.807, 2.05) is 13.8 Å². The number of nitrogens with zero attached hydrogens (tertiary/aromatic N) is 1. The second-order valence-corrected chi connectivity index (χ2v) is 9.98. The maximum atomic E-state index is 12.8. The number of hydrogen-bond donors (Lipinski definition) is 0. The van der Waals surface area contributed by atoms with Gasteiger partial charge >= 0.3 is 0 Å². The lowest BCUT2D eigenvalue weighted by atomic mass is 10.2. The topological polar surface area (TPSA) is 71.5 Å². The van der Waals surface area contributed by atoms with Crippen molar-refractivity contribution >= 4 is 29.8 Å². The maximum absolute atomic E-state index is 12.8. The largest absolute Gasteiger partial charge is 0.262 e. The minimum Gasteiger partial charge on any atom is -0.207 e. The van der Waals surface area contributed by atoms with Crippen molar-refractivity contribution < 1.29 is 16.8 Å². The molecule has 5 nitrogen and oxygen atoms in total. The average Bonchev–Trinajstić information content (AvgIpc) is 3.18. The van der Waals surface area contributed by atoms with Gasteiger partial charge in [-0.05, 0) is 30.9 Å². The fraction of sp³-hybridized carbons (Fsp3) is 0.538. The molecule has 1 aromatic carbocycles. The van der Waals surface area contributed by atoms with Crippen molar-refractivity contribution in [3.63, 3.8) is 0 Å². The van der Waals surface area contributed by atoms with Gasteiger partial charge in [0, 0.05) is 23.3 Å². The van der Waals surface area contributed by atoms with Gasteiger partial charge in [-0.15, -0.1) is 0 Å². The molecule has 2 rings (SSSR count). The molecule has 0 bridgehead atoms. The summed E-state index contributed by atoms with van der Waals surface area (Å²) in [4.78, 5) is -0.603. The van der Waals surface area contributed by atoms with Crippen LogP contribution in [0.25, 0.3) is 0 Å². The smallest absolute Gasteiger partial charge is 0.207 e. The van der Waals surface area contributed by atoms with Crippen molar-refractivity contribution in [2.24, 2.45) is 5.92 Å². The second kappa shape index (κ2) is 5.87. The highest BCUT2D eigenvalue weighted by Crippen LogP contribution is 2.35. The predicted molar refractivity (Wildman–Crippen MR) is 81.2 cm³/mol. The molecule has 0 saturated heterocycles. The van der Waals surface area contributed by atoms with E-state index in [2.05, 4.69) is 0 Å². The van der Waals surface area contributed by atoms with Crippen LogP contribution in [0.15, 0.2) is 34.1 Å². The molecule has 8 heteroatoms. The van der Waals surface area contributed by atoms with E-state index in [1.54, 1.807) is 0 Å². The standard InChI is InChI=1S/C13H18ClNO4S2/c1-10(2)9-15(11-7-8-11)21(18,19)13-6-4-3-5-12(13)20(14,16)17/h3-6,10-11H,7-9H2,1-2H3. The monoisotopic (exact) mass is 351 g/mol. The van der Waals surface area contributed by atoms with Gasteiger partial charge in [0.15, 0.2) is 0 Å². The minimum atomic E-state index is -4.12. The van der Waals surface area contributed by atoms with Crippen LogP contribution in [0.2, 0.25) is 0 Å². The van der Waals surface area contributed by atoms with Crippen molar-refractivity contribution in [2.75, 3.05) is 6.54 Å². The predicted octanol–water partition coefficient (Wildman–Crippen LogP) is 2.42. The van der Waals surface area contributed by atoms with Crippen molar-refractivity contribution in [1.82, 2.24) is 4.31 Å². The molecule has 0 unspecified atom stereocenters. The van der Waals surface area contributed by atoms with E-state index in [4.69, 9.17) is 10.7 Å². The first-order valence-corrected chi connectivity index (χ1v) is 10.4. The Morgan fingerprint density at radius 1 is 1.14 bits per heavy atom. The van der Waals surface area contributed by atoms with E-state index in [-0.39, 0.29) is 21.8 Å². The quantitative estimate of drug-likeness (QED) is 0.738. The first-order valence-electron chi connectivity index (χ1n) is 6.69. The van der Waals surface area contributed by atoms with Crippen LogP contribution in [-0.2, 0) is 19.1 Å². The van der Waals surface area contributed by atoms with Crippen LogP contribution in [0.5, 0.6) is 0 Å². The molecular formula is C13H18ClNO4S2. The molecule has 0 aliphatic heterocycles. The highest BCUT2D eigenvalue weighted by molar-refractivity contribution is 8.14. The summed E-state index contributed by atoms with van der Waals surface area (Å²) in [5.41, 5.74) is 0. The maximum Gasteiger partial charge on any atom is 0.262 e. The molecule has 0 N–H and O–H groups in total. The number of rotatable bonds is 6. The molecule has 0 amide bonds. The summed E-state index contributed by atoms with van der Waals surface area (Å²) in [5, 5.41) is 0.